The molecule has 0 aliphatic carbocycles. The molecule has 2 N–H and O–H groups in total. The summed E-state index contributed by atoms with van der Waals surface area (Å²) in [6.07, 6.45) is 2.61. The number of thioether (sulfide) groups is 1. The molecule has 5 nitrogen and oxygen atoms in total. The first-order valence-corrected chi connectivity index (χ1v) is 5.89. The van der Waals surface area contributed by atoms with Crippen LogP contribution in [-0.2, 0) is 0 Å². The molecule has 1 heterocycles. The summed E-state index contributed by atoms with van der Waals surface area (Å²) in [5, 5.41) is 5.05. The van der Waals surface area contributed by atoms with Crippen LogP contribution in [0.15, 0.2) is 12.4 Å². The van der Waals surface area contributed by atoms with Crippen LogP contribution >= 0.6 is 11.8 Å². The number of alkyl halides is 3. The standard InChI is InChI=1S/C9H11F3N4OS/c1-13-7-5-15-6(4-16-7)8(17)14-2-3-18-9(10,11)12/h4-5H,2-3H2,1H3,(H,13,16)(H,14,17). The van der Waals surface area contributed by atoms with E-state index in [4.69, 9.17) is 0 Å². The van der Waals surface area contributed by atoms with E-state index in [2.05, 4.69) is 20.6 Å². The van der Waals surface area contributed by atoms with Crippen molar-refractivity contribution in [3.05, 3.63) is 18.1 Å². The van der Waals surface area contributed by atoms with Gasteiger partial charge in [0.05, 0.1) is 12.4 Å². The summed E-state index contributed by atoms with van der Waals surface area (Å²) >= 11 is -0.184. The molecule has 0 saturated heterocycles. The minimum absolute atomic E-state index is 0.0611. The summed E-state index contributed by atoms with van der Waals surface area (Å²) in [6.45, 7) is -0.0849. The van der Waals surface area contributed by atoms with Crippen LogP contribution in [0, 0.1) is 0 Å². The van der Waals surface area contributed by atoms with Gasteiger partial charge in [-0.3, -0.25) is 4.79 Å². The smallest absolute Gasteiger partial charge is 0.372 e. The van der Waals surface area contributed by atoms with Gasteiger partial charge >= 0.3 is 5.51 Å². The zero-order valence-corrected chi connectivity index (χ0v) is 10.2. The first-order chi connectivity index (χ1) is 8.42. The van der Waals surface area contributed by atoms with E-state index in [1.54, 1.807) is 7.05 Å². The van der Waals surface area contributed by atoms with Crippen molar-refractivity contribution in [1.82, 2.24) is 15.3 Å². The predicted molar refractivity (Wildman–Crippen MR) is 62.4 cm³/mol. The molecule has 100 valence electrons. The van der Waals surface area contributed by atoms with Crippen molar-refractivity contribution in [1.29, 1.82) is 0 Å². The van der Waals surface area contributed by atoms with E-state index in [-0.39, 0.29) is 29.8 Å². The van der Waals surface area contributed by atoms with Gasteiger partial charge in [-0.05, 0) is 11.8 Å². The van der Waals surface area contributed by atoms with E-state index >= 15 is 0 Å². The first kappa shape index (κ1) is 14.6. The van der Waals surface area contributed by atoms with Crippen LogP contribution in [0.1, 0.15) is 10.5 Å². The average Bonchev–Trinajstić information content (AvgIpc) is 2.33. The largest absolute Gasteiger partial charge is 0.441 e. The monoisotopic (exact) mass is 280 g/mol. The second kappa shape index (κ2) is 6.43. The third-order valence-electron chi connectivity index (χ3n) is 1.79. The highest BCUT2D eigenvalue weighted by Crippen LogP contribution is 2.29. The van der Waals surface area contributed by atoms with E-state index < -0.39 is 11.4 Å². The number of aromatic nitrogens is 2. The summed E-state index contributed by atoms with van der Waals surface area (Å²) in [7, 11) is 1.65. The van der Waals surface area contributed by atoms with Gasteiger partial charge in [-0.2, -0.15) is 13.2 Å². The minimum Gasteiger partial charge on any atom is -0.372 e. The number of anilines is 1. The Hall–Kier alpha value is -1.51. The van der Waals surface area contributed by atoms with Gasteiger partial charge in [0.1, 0.15) is 11.5 Å². The maximum Gasteiger partial charge on any atom is 0.441 e. The highest BCUT2D eigenvalue weighted by molar-refractivity contribution is 8.00. The Morgan fingerprint density at radius 3 is 2.61 bits per heavy atom. The molecule has 1 aromatic rings. The maximum absolute atomic E-state index is 11.8. The molecule has 0 radical (unpaired) electrons. The number of nitrogens with one attached hydrogen (secondary N) is 2. The highest BCUT2D eigenvalue weighted by atomic mass is 32.2. The Morgan fingerprint density at radius 2 is 2.11 bits per heavy atom. The lowest BCUT2D eigenvalue weighted by molar-refractivity contribution is -0.0327. The number of carbonyl (C=O) groups excluding carboxylic acids is 1. The number of carbonyl (C=O) groups is 1. The lowest BCUT2D eigenvalue weighted by Gasteiger charge is -2.06. The molecule has 0 spiro atoms. The van der Waals surface area contributed by atoms with Crippen LogP contribution < -0.4 is 10.6 Å². The maximum atomic E-state index is 11.8. The highest BCUT2D eigenvalue weighted by Gasteiger charge is 2.27. The fourth-order valence-electron chi connectivity index (χ4n) is 0.996. The van der Waals surface area contributed by atoms with Gasteiger partial charge in [0.25, 0.3) is 5.91 Å². The molecular formula is C9H11F3N4OS. The van der Waals surface area contributed by atoms with Crippen molar-refractivity contribution in [2.45, 2.75) is 5.51 Å². The SMILES string of the molecule is CNc1cnc(C(=O)NCCSC(F)(F)F)cn1. The van der Waals surface area contributed by atoms with Crippen molar-refractivity contribution in [2.24, 2.45) is 0 Å². The third kappa shape index (κ3) is 5.21. The van der Waals surface area contributed by atoms with Gasteiger partial charge in [0.2, 0.25) is 0 Å². The molecule has 1 rings (SSSR count). The van der Waals surface area contributed by atoms with E-state index in [0.717, 1.165) is 0 Å². The topological polar surface area (TPSA) is 66.9 Å². The van der Waals surface area contributed by atoms with Crippen molar-refractivity contribution < 1.29 is 18.0 Å². The molecule has 0 atom stereocenters. The number of hydrogen-bond donors (Lipinski definition) is 2. The van der Waals surface area contributed by atoms with Crippen molar-refractivity contribution in [3.63, 3.8) is 0 Å². The molecule has 0 unspecified atom stereocenters. The van der Waals surface area contributed by atoms with Crippen molar-refractivity contribution in [2.75, 3.05) is 24.7 Å². The Bertz CT molecular complexity index is 396. The predicted octanol–water partition coefficient (Wildman–Crippen LogP) is 1.50. The van der Waals surface area contributed by atoms with Gasteiger partial charge in [-0.15, -0.1) is 0 Å². The second-order valence-corrected chi connectivity index (χ2v) is 4.25. The van der Waals surface area contributed by atoms with Crippen LogP contribution in [0.25, 0.3) is 0 Å². The van der Waals surface area contributed by atoms with E-state index in [1.165, 1.54) is 12.4 Å². The van der Waals surface area contributed by atoms with Gasteiger partial charge in [0.15, 0.2) is 0 Å². The summed E-state index contributed by atoms with van der Waals surface area (Å²) in [6, 6.07) is 0. The minimum atomic E-state index is -4.28. The lowest BCUT2D eigenvalue weighted by Crippen LogP contribution is -2.27. The van der Waals surface area contributed by atoms with Crippen LogP contribution in [0.4, 0.5) is 19.0 Å². The summed E-state index contributed by atoms with van der Waals surface area (Å²) in [5.41, 5.74) is -4.22. The number of hydrogen-bond acceptors (Lipinski definition) is 5. The van der Waals surface area contributed by atoms with Crippen LogP contribution in [0.2, 0.25) is 0 Å². The summed E-state index contributed by atoms with van der Waals surface area (Å²) in [4.78, 5) is 19.1. The molecule has 1 amide bonds. The zero-order chi connectivity index (χ0) is 13.6. The van der Waals surface area contributed by atoms with Gasteiger partial charge in [-0.1, -0.05) is 0 Å². The molecular weight excluding hydrogens is 269 g/mol. The fraction of sp³-hybridized carbons (Fsp3) is 0.444. The Kier molecular flexibility index (Phi) is 5.20. The Labute approximate surface area is 106 Å². The average molecular weight is 280 g/mol. The van der Waals surface area contributed by atoms with Crippen LogP contribution in [-0.4, -0.2) is 40.7 Å². The molecule has 1 aromatic heterocycles. The Morgan fingerprint density at radius 1 is 1.39 bits per heavy atom. The first-order valence-electron chi connectivity index (χ1n) is 4.91. The second-order valence-electron chi connectivity index (χ2n) is 3.09. The summed E-state index contributed by atoms with van der Waals surface area (Å²) in [5.74, 6) is -0.288. The number of amides is 1. The zero-order valence-electron chi connectivity index (χ0n) is 9.41. The van der Waals surface area contributed by atoms with E-state index in [1.807, 2.05) is 0 Å². The summed E-state index contributed by atoms with van der Waals surface area (Å²) < 4.78 is 35.4. The molecule has 18 heavy (non-hydrogen) atoms. The number of nitrogens with zero attached hydrogens (tertiary/aromatic N) is 2. The van der Waals surface area contributed by atoms with Gasteiger partial charge < -0.3 is 10.6 Å². The molecule has 0 aromatic carbocycles. The molecule has 0 fully saturated rings. The number of rotatable bonds is 5. The van der Waals surface area contributed by atoms with Gasteiger partial charge in [-0.25, -0.2) is 9.97 Å². The van der Waals surface area contributed by atoms with Gasteiger partial charge in [0, 0.05) is 19.3 Å². The molecule has 9 heteroatoms. The molecule has 0 bridgehead atoms. The molecule has 0 saturated carbocycles. The quantitative estimate of drug-likeness (QED) is 0.800. The lowest BCUT2D eigenvalue weighted by atomic mass is 10.4. The Balaban J connectivity index is 2.36. The van der Waals surface area contributed by atoms with Crippen LogP contribution in [0.5, 0.6) is 0 Å². The van der Waals surface area contributed by atoms with Crippen molar-refractivity contribution >= 4 is 23.5 Å². The third-order valence-corrected chi connectivity index (χ3v) is 2.53. The number of halogens is 3. The van der Waals surface area contributed by atoms with Crippen molar-refractivity contribution in [3.8, 4) is 0 Å². The molecule has 0 aliphatic rings. The fourth-order valence-corrected chi connectivity index (χ4v) is 1.43. The molecule has 0 aliphatic heterocycles. The normalized spacial score (nSPS) is 11.1. The van der Waals surface area contributed by atoms with Crippen LogP contribution in [0.3, 0.4) is 0 Å². The van der Waals surface area contributed by atoms with E-state index in [0.29, 0.717) is 5.82 Å². The van der Waals surface area contributed by atoms with E-state index in [9.17, 15) is 18.0 Å².